The predicted molar refractivity (Wildman–Crippen MR) is 74.7 cm³/mol. The van der Waals surface area contributed by atoms with Crippen LogP contribution in [0.1, 0.15) is 51.4 Å². The van der Waals surface area contributed by atoms with E-state index in [-0.39, 0.29) is 6.03 Å². The number of rotatable bonds is 3. The molecule has 0 radical (unpaired) electrons. The molecular weight excluding hydrogens is 236 g/mol. The molecule has 5 saturated carbocycles. The van der Waals surface area contributed by atoms with Gasteiger partial charge in [0.2, 0.25) is 0 Å². The topological polar surface area (TPSA) is 41.1 Å². The lowest BCUT2D eigenvalue weighted by atomic mass is 9.54. The largest absolute Gasteiger partial charge is 0.338 e. The number of hydrogen-bond donors (Lipinski definition) is 2. The maximum Gasteiger partial charge on any atom is 0.315 e. The molecule has 0 unspecified atom stereocenters. The first-order valence-electron chi connectivity index (χ1n) is 8.32. The first-order chi connectivity index (χ1) is 9.28. The zero-order chi connectivity index (χ0) is 12.8. The van der Waals surface area contributed by atoms with Crippen molar-refractivity contribution in [2.24, 2.45) is 29.6 Å². The molecule has 5 aliphatic rings. The van der Waals surface area contributed by atoms with Gasteiger partial charge in [-0.25, -0.2) is 4.79 Å². The van der Waals surface area contributed by atoms with Crippen LogP contribution in [0.15, 0.2) is 0 Å². The summed E-state index contributed by atoms with van der Waals surface area (Å²) < 4.78 is 0. The SMILES string of the molecule is O=C(NCC1CCC1)NC1C2CC3CC(C2)CC1C3. The Morgan fingerprint density at radius 1 is 0.947 bits per heavy atom. The van der Waals surface area contributed by atoms with Gasteiger partial charge in [-0.05, 0) is 74.5 Å². The number of carbonyl (C=O) groups excluding carboxylic acids is 1. The van der Waals surface area contributed by atoms with E-state index in [1.54, 1.807) is 0 Å². The van der Waals surface area contributed by atoms with Gasteiger partial charge in [-0.2, -0.15) is 0 Å². The summed E-state index contributed by atoms with van der Waals surface area (Å²) in [5, 5.41) is 6.41. The van der Waals surface area contributed by atoms with Crippen LogP contribution in [-0.2, 0) is 0 Å². The average molecular weight is 262 g/mol. The number of hydrogen-bond acceptors (Lipinski definition) is 1. The summed E-state index contributed by atoms with van der Waals surface area (Å²) in [6, 6.07) is 0.582. The highest BCUT2D eigenvalue weighted by atomic mass is 16.2. The third-order valence-corrected chi connectivity index (χ3v) is 6.30. The van der Waals surface area contributed by atoms with Gasteiger partial charge in [-0.15, -0.1) is 0 Å². The zero-order valence-corrected chi connectivity index (χ0v) is 11.7. The third kappa shape index (κ3) is 2.25. The molecule has 5 fully saturated rings. The Hall–Kier alpha value is -0.730. The number of nitrogens with one attached hydrogen (secondary N) is 2. The van der Waals surface area contributed by atoms with Crippen LogP contribution >= 0.6 is 0 Å². The summed E-state index contributed by atoms with van der Waals surface area (Å²) in [6.07, 6.45) is 10.9. The van der Waals surface area contributed by atoms with Crippen molar-refractivity contribution in [3.05, 3.63) is 0 Å². The lowest BCUT2D eigenvalue weighted by molar-refractivity contribution is -0.00947. The molecule has 2 N–H and O–H groups in total. The fourth-order valence-electron chi connectivity index (χ4n) is 5.30. The van der Waals surface area contributed by atoms with E-state index in [9.17, 15) is 4.79 Å². The van der Waals surface area contributed by atoms with Gasteiger partial charge in [-0.1, -0.05) is 6.42 Å². The van der Waals surface area contributed by atoms with Crippen LogP contribution in [0.5, 0.6) is 0 Å². The van der Waals surface area contributed by atoms with Gasteiger partial charge in [0.1, 0.15) is 0 Å². The Balaban J connectivity index is 1.31. The summed E-state index contributed by atoms with van der Waals surface area (Å²) in [5.41, 5.74) is 0. The van der Waals surface area contributed by atoms with Crippen molar-refractivity contribution in [2.75, 3.05) is 6.54 Å². The monoisotopic (exact) mass is 262 g/mol. The molecule has 106 valence electrons. The van der Waals surface area contributed by atoms with Gasteiger partial charge in [-0.3, -0.25) is 0 Å². The fourth-order valence-corrected chi connectivity index (χ4v) is 5.30. The molecule has 0 spiro atoms. The molecule has 0 aromatic rings. The second-order valence-corrected chi connectivity index (χ2v) is 7.61. The Morgan fingerprint density at radius 3 is 2.11 bits per heavy atom. The lowest BCUT2D eigenvalue weighted by Gasteiger charge is -2.54. The van der Waals surface area contributed by atoms with Gasteiger partial charge in [0.25, 0.3) is 0 Å². The highest BCUT2D eigenvalue weighted by Crippen LogP contribution is 2.53. The molecule has 5 rings (SSSR count). The first-order valence-corrected chi connectivity index (χ1v) is 8.32. The van der Waals surface area contributed by atoms with Crippen LogP contribution in [0, 0.1) is 29.6 Å². The van der Waals surface area contributed by atoms with Crippen LogP contribution in [-0.4, -0.2) is 18.6 Å². The van der Waals surface area contributed by atoms with Crippen LogP contribution in [0.2, 0.25) is 0 Å². The van der Waals surface area contributed by atoms with Gasteiger partial charge in [0, 0.05) is 12.6 Å². The van der Waals surface area contributed by atoms with E-state index in [2.05, 4.69) is 10.6 Å². The van der Waals surface area contributed by atoms with Crippen molar-refractivity contribution < 1.29 is 4.79 Å². The van der Waals surface area contributed by atoms with Crippen molar-refractivity contribution in [2.45, 2.75) is 57.4 Å². The molecule has 0 aliphatic heterocycles. The average Bonchev–Trinajstić information content (AvgIpc) is 2.31. The number of amides is 2. The Bertz CT molecular complexity index is 336. The molecule has 3 heteroatoms. The summed E-state index contributed by atoms with van der Waals surface area (Å²) >= 11 is 0. The van der Waals surface area contributed by atoms with E-state index in [4.69, 9.17) is 0 Å². The molecule has 19 heavy (non-hydrogen) atoms. The maximum atomic E-state index is 12.1. The summed E-state index contributed by atoms with van der Waals surface area (Å²) in [7, 11) is 0. The zero-order valence-electron chi connectivity index (χ0n) is 11.7. The number of carbonyl (C=O) groups is 1. The van der Waals surface area contributed by atoms with Crippen LogP contribution in [0.25, 0.3) is 0 Å². The molecule has 5 aliphatic carbocycles. The Kier molecular flexibility index (Phi) is 2.96. The summed E-state index contributed by atoms with van der Waals surface area (Å²) in [6.45, 7) is 0.888. The Labute approximate surface area is 115 Å². The van der Waals surface area contributed by atoms with E-state index in [0.29, 0.717) is 6.04 Å². The molecule has 4 bridgehead atoms. The predicted octanol–water partition coefficient (Wildman–Crippen LogP) is 2.91. The van der Waals surface area contributed by atoms with E-state index < -0.39 is 0 Å². The van der Waals surface area contributed by atoms with Crippen molar-refractivity contribution in [3.63, 3.8) is 0 Å². The van der Waals surface area contributed by atoms with E-state index in [0.717, 1.165) is 36.1 Å². The molecule has 0 heterocycles. The molecule has 2 amide bonds. The summed E-state index contributed by atoms with van der Waals surface area (Å²) in [4.78, 5) is 12.1. The first kappa shape index (κ1) is 12.0. The molecule has 0 aromatic carbocycles. The molecule has 0 aromatic heterocycles. The quantitative estimate of drug-likeness (QED) is 0.806. The second kappa shape index (κ2) is 4.68. The third-order valence-electron chi connectivity index (χ3n) is 6.30. The van der Waals surface area contributed by atoms with E-state index >= 15 is 0 Å². The molecule has 0 atom stereocenters. The smallest absolute Gasteiger partial charge is 0.315 e. The minimum atomic E-state index is 0.101. The van der Waals surface area contributed by atoms with Gasteiger partial charge < -0.3 is 10.6 Å². The van der Waals surface area contributed by atoms with Crippen molar-refractivity contribution in [3.8, 4) is 0 Å². The van der Waals surface area contributed by atoms with E-state index in [1.807, 2.05) is 0 Å². The minimum absolute atomic E-state index is 0.101. The second-order valence-electron chi connectivity index (χ2n) is 7.61. The molecule has 3 nitrogen and oxygen atoms in total. The molecular formula is C16H26N2O. The highest BCUT2D eigenvalue weighted by Gasteiger charge is 2.48. The normalized spacial score (nSPS) is 43.9. The van der Waals surface area contributed by atoms with Crippen molar-refractivity contribution >= 4 is 6.03 Å². The maximum absolute atomic E-state index is 12.1. The number of urea groups is 1. The Morgan fingerprint density at radius 2 is 1.58 bits per heavy atom. The van der Waals surface area contributed by atoms with Gasteiger partial charge in [0.15, 0.2) is 0 Å². The highest BCUT2D eigenvalue weighted by molar-refractivity contribution is 5.74. The van der Waals surface area contributed by atoms with Crippen molar-refractivity contribution in [1.82, 2.24) is 10.6 Å². The molecule has 0 saturated heterocycles. The van der Waals surface area contributed by atoms with Gasteiger partial charge in [0.05, 0.1) is 0 Å². The van der Waals surface area contributed by atoms with Crippen LogP contribution in [0.4, 0.5) is 4.79 Å². The standard InChI is InChI=1S/C16H26N2O/c19-16(17-9-10-2-1-3-10)18-15-13-5-11-4-12(7-13)8-14(15)6-11/h10-15H,1-9H2,(H2,17,18,19). The van der Waals surface area contributed by atoms with Gasteiger partial charge >= 0.3 is 6.03 Å². The minimum Gasteiger partial charge on any atom is -0.338 e. The van der Waals surface area contributed by atoms with Crippen molar-refractivity contribution in [1.29, 1.82) is 0 Å². The van der Waals surface area contributed by atoms with Crippen LogP contribution < -0.4 is 10.6 Å². The lowest BCUT2D eigenvalue weighted by Crippen LogP contribution is -2.57. The van der Waals surface area contributed by atoms with E-state index in [1.165, 1.54) is 51.4 Å². The summed E-state index contributed by atoms with van der Waals surface area (Å²) in [5.74, 6) is 4.29. The van der Waals surface area contributed by atoms with Crippen LogP contribution in [0.3, 0.4) is 0 Å². The fraction of sp³-hybridized carbons (Fsp3) is 0.938.